The highest BCUT2D eigenvalue weighted by atomic mass is 35.5. The topological polar surface area (TPSA) is 36.1 Å². The predicted octanol–water partition coefficient (Wildman–Crippen LogP) is 2.22. The van der Waals surface area contributed by atoms with Crippen molar-refractivity contribution in [2.45, 2.75) is 11.8 Å². The van der Waals surface area contributed by atoms with Crippen molar-refractivity contribution in [2.24, 2.45) is 0 Å². The molecule has 1 aliphatic rings. The molecule has 0 radical (unpaired) electrons. The maximum Gasteiger partial charge on any atom is 0.416 e. The van der Waals surface area contributed by atoms with E-state index in [2.05, 4.69) is 16.2 Å². The quantitative estimate of drug-likeness (QED) is 0.537. The van der Waals surface area contributed by atoms with Crippen LogP contribution in [0, 0.1) is 0 Å². The lowest BCUT2D eigenvalue weighted by atomic mass is 10.1. The number of hydrogen-bond acceptors (Lipinski definition) is 3. The van der Waals surface area contributed by atoms with Crippen LogP contribution in [-0.2, 0) is 6.18 Å². The second-order valence-corrected chi connectivity index (χ2v) is 3.87. The van der Waals surface area contributed by atoms with Gasteiger partial charge in [0.2, 0.25) is 0 Å². The van der Waals surface area contributed by atoms with Gasteiger partial charge in [-0.1, -0.05) is 23.7 Å². The first kappa shape index (κ1) is 12.1. The van der Waals surface area contributed by atoms with Gasteiger partial charge < -0.3 is 10.7 Å². The Morgan fingerprint density at radius 3 is 2.59 bits per heavy atom. The summed E-state index contributed by atoms with van der Waals surface area (Å²) in [6.07, 6.45) is -2.83. The summed E-state index contributed by atoms with van der Waals surface area (Å²) in [5, 5.41) is 2.74. The van der Waals surface area contributed by atoms with Crippen LogP contribution in [0.4, 0.5) is 13.2 Å². The first-order valence-corrected chi connectivity index (χ1v) is 5.20. The summed E-state index contributed by atoms with van der Waals surface area (Å²) in [6.45, 7) is 0. The van der Waals surface area contributed by atoms with E-state index < -0.39 is 17.4 Å². The van der Waals surface area contributed by atoms with Gasteiger partial charge in [0.1, 0.15) is 0 Å². The molecule has 1 aromatic carbocycles. The molecule has 1 aliphatic heterocycles. The highest BCUT2D eigenvalue weighted by Gasteiger charge is 2.30. The molecule has 92 valence electrons. The second-order valence-electron chi connectivity index (χ2n) is 3.44. The van der Waals surface area contributed by atoms with Crippen molar-refractivity contribution in [3.63, 3.8) is 0 Å². The van der Waals surface area contributed by atoms with E-state index >= 15 is 0 Å². The largest absolute Gasteiger partial charge is 0.416 e. The van der Waals surface area contributed by atoms with E-state index in [1.165, 1.54) is 12.3 Å². The average Bonchev–Trinajstić information content (AvgIpc) is 2.29. The van der Waals surface area contributed by atoms with Gasteiger partial charge in [-0.05, 0) is 12.1 Å². The van der Waals surface area contributed by atoms with Crippen LogP contribution in [0.15, 0.2) is 30.5 Å². The molecule has 17 heavy (non-hydrogen) atoms. The molecular formula is C10H9ClF3N3. The summed E-state index contributed by atoms with van der Waals surface area (Å²) in [5.74, 6) is 0. The predicted molar refractivity (Wildman–Crippen MR) is 58.5 cm³/mol. The summed E-state index contributed by atoms with van der Waals surface area (Å²) in [4.78, 5) is 0. The molecule has 0 fully saturated rings. The number of hydrogen-bond donors (Lipinski definition) is 3. The van der Waals surface area contributed by atoms with Crippen molar-refractivity contribution in [3.05, 3.63) is 41.6 Å². The van der Waals surface area contributed by atoms with Gasteiger partial charge in [0.25, 0.3) is 0 Å². The van der Waals surface area contributed by atoms with Crippen LogP contribution in [0.3, 0.4) is 0 Å². The standard InChI is InChI=1S/C10H9ClF3N3/c11-9-15-5-8(16-17-9)6-2-1-3-7(4-6)10(12,13)14/h1-5,9,15-17H. The van der Waals surface area contributed by atoms with Crippen LogP contribution >= 0.6 is 11.6 Å². The molecule has 0 bridgehead atoms. The third-order valence-corrected chi connectivity index (χ3v) is 2.44. The number of alkyl halides is 4. The molecule has 0 spiro atoms. The first-order valence-electron chi connectivity index (χ1n) is 4.76. The third-order valence-electron chi connectivity index (χ3n) is 2.21. The Bertz CT molecular complexity index is 445. The van der Waals surface area contributed by atoms with Gasteiger partial charge >= 0.3 is 6.18 Å². The van der Waals surface area contributed by atoms with E-state index in [0.29, 0.717) is 11.3 Å². The Kier molecular flexibility index (Phi) is 3.17. The SMILES string of the molecule is FC(F)(F)c1cccc(C2=CNC(Cl)NN2)c1. The highest BCUT2D eigenvalue weighted by Crippen LogP contribution is 2.30. The lowest BCUT2D eigenvalue weighted by Gasteiger charge is -2.23. The zero-order valence-electron chi connectivity index (χ0n) is 8.48. The van der Waals surface area contributed by atoms with Crippen LogP contribution in [-0.4, -0.2) is 5.62 Å². The van der Waals surface area contributed by atoms with E-state index in [0.717, 1.165) is 12.1 Å². The zero-order valence-corrected chi connectivity index (χ0v) is 9.23. The van der Waals surface area contributed by atoms with E-state index in [9.17, 15) is 13.2 Å². The van der Waals surface area contributed by atoms with Gasteiger partial charge in [0, 0.05) is 11.8 Å². The van der Waals surface area contributed by atoms with Gasteiger partial charge in [-0.2, -0.15) is 13.2 Å². The van der Waals surface area contributed by atoms with E-state index in [-0.39, 0.29) is 0 Å². The highest BCUT2D eigenvalue weighted by molar-refractivity contribution is 6.20. The fraction of sp³-hybridized carbons (Fsp3) is 0.200. The molecule has 2 rings (SSSR count). The fourth-order valence-corrected chi connectivity index (χ4v) is 1.51. The molecule has 0 amide bonds. The van der Waals surface area contributed by atoms with E-state index in [1.54, 1.807) is 6.07 Å². The van der Waals surface area contributed by atoms with Crippen molar-refractivity contribution >= 4 is 17.3 Å². The average molecular weight is 264 g/mol. The Labute approximate surface area is 101 Å². The van der Waals surface area contributed by atoms with Gasteiger partial charge in [-0.15, -0.1) is 0 Å². The van der Waals surface area contributed by atoms with Crippen LogP contribution in [0.5, 0.6) is 0 Å². The summed E-state index contributed by atoms with van der Waals surface area (Å²) in [5.41, 5.74) is 5.09. The number of rotatable bonds is 1. The monoisotopic (exact) mass is 263 g/mol. The molecule has 1 atom stereocenters. The second kappa shape index (κ2) is 4.46. The minimum atomic E-state index is -4.35. The van der Waals surface area contributed by atoms with Crippen molar-refractivity contribution in [1.82, 2.24) is 16.2 Å². The van der Waals surface area contributed by atoms with Crippen LogP contribution in [0.1, 0.15) is 11.1 Å². The van der Waals surface area contributed by atoms with Gasteiger partial charge in [0.15, 0.2) is 5.62 Å². The normalized spacial score (nSPS) is 20.2. The third kappa shape index (κ3) is 2.83. The zero-order chi connectivity index (χ0) is 12.5. The molecule has 0 saturated heterocycles. The summed E-state index contributed by atoms with van der Waals surface area (Å²) >= 11 is 5.66. The van der Waals surface area contributed by atoms with Crippen molar-refractivity contribution < 1.29 is 13.2 Å². The van der Waals surface area contributed by atoms with Crippen molar-refractivity contribution in [3.8, 4) is 0 Å². The smallest absolute Gasteiger partial charge is 0.360 e. The maximum absolute atomic E-state index is 12.5. The van der Waals surface area contributed by atoms with Gasteiger partial charge in [-0.3, -0.25) is 0 Å². The summed E-state index contributed by atoms with van der Waals surface area (Å²) in [6, 6.07) is 5.02. The molecule has 1 aromatic rings. The summed E-state index contributed by atoms with van der Waals surface area (Å²) in [7, 11) is 0. The van der Waals surface area contributed by atoms with E-state index in [4.69, 9.17) is 11.6 Å². The van der Waals surface area contributed by atoms with Gasteiger partial charge in [-0.25, -0.2) is 5.43 Å². The Morgan fingerprint density at radius 1 is 1.24 bits per heavy atom. The first-order chi connectivity index (χ1) is 7.97. The molecule has 3 nitrogen and oxygen atoms in total. The Balaban J connectivity index is 2.28. The molecular weight excluding hydrogens is 255 g/mol. The lowest BCUT2D eigenvalue weighted by molar-refractivity contribution is -0.137. The fourth-order valence-electron chi connectivity index (χ4n) is 1.39. The Morgan fingerprint density at radius 2 is 2.00 bits per heavy atom. The number of halogens is 4. The number of nitrogens with one attached hydrogen (secondary N) is 3. The van der Waals surface area contributed by atoms with E-state index in [1.807, 2.05) is 0 Å². The van der Waals surface area contributed by atoms with Crippen LogP contribution in [0.25, 0.3) is 5.70 Å². The molecule has 1 unspecified atom stereocenters. The Hall–Kier alpha value is -1.40. The minimum Gasteiger partial charge on any atom is -0.360 e. The van der Waals surface area contributed by atoms with Gasteiger partial charge in [0.05, 0.1) is 11.3 Å². The van der Waals surface area contributed by atoms with Crippen LogP contribution < -0.4 is 16.2 Å². The molecule has 0 aromatic heterocycles. The van der Waals surface area contributed by atoms with Crippen molar-refractivity contribution in [1.29, 1.82) is 0 Å². The molecule has 3 N–H and O–H groups in total. The molecule has 1 heterocycles. The molecule has 0 saturated carbocycles. The lowest BCUT2D eigenvalue weighted by Crippen LogP contribution is -2.47. The van der Waals surface area contributed by atoms with Crippen molar-refractivity contribution in [2.75, 3.05) is 0 Å². The molecule has 0 aliphatic carbocycles. The number of benzene rings is 1. The molecule has 7 heteroatoms. The summed E-state index contributed by atoms with van der Waals surface area (Å²) < 4.78 is 37.5. The van der Waals surface area contributed by atoms with Crippen LogP contribution in [0.2, 0.25) is 0 Å². The maximum atomic E-state index is 12.5. The minimum absolute atomic E-state index is 0.420. The number of hydrazine groups is 1.